The van der Waals surface area contributed by atoms with Gasteiger partial charge in [-0.25, -0.2) is 4.39 Å². The molecule has 0 radical (unpaired) electrons. The van der Waals surface area contributed by atoms with E-state index < -0.39 is 0 Å². The smallest absolute Gasteiger partial charge is 0.255 e. The maximum atomic E-state index is 14.4. The molecule has 2 aliphatic rings. The number of rotatable bonds is 5. The molecule has 1 saturated heterocycles. The van der Waals surface area contributed by atoms with Crippen LogP contribution in [0.5, 0.6) is 0 Å². The van der Waals surface area contributed by atoms with Gasteiger partial charge in [0.2, 0.25) is 5.91 Å². The van der Waals surface area contributed by atoms with Crippen molar-refractivity contribution in [3.8, 4) is 0 Å². The molecule has 2 fully saturated rings. The van der Waals surface area contributed by atoms with Gasteiger partial charge in [-0.1, -0.05) is 12.8 Å². The number of benzene rings is 1. The summed E-state index contributed by atoms with van der Waals surface area (Å²) in [6, 6.07) is 6.28. The molecular formula is C25H31FN4O2. The van der Waals surface area contributed by atoms with Gasteiger partial charge in [-0.2, -0.15) is 0 Å². The van der Waals surface area contributed by atoms with Crippen LogP contribution in [-0.2, 0) is 11.3 Å². The molecule has 0 spiro atoms. The molecule has 0 bridgehead atoms. The fourth-order valence-electron chi connectivity index (χ4n) is 4.88. The normalized spacial score (nSPS) is 19.8. The van der Waals surface area contributed by atoms with Crippen molar-refractivity contribution in [3.05, 3.63) is 59.2 Å². The number of piperazine rings is 1. The number of nitrogens with one attached hydrogen (secondary N) is 1. The van der Waals surface area contributed by atoms with Crippen molar-refractivity contribution >= 4 is 17.5 Å². The Bertz CT molecular complexity index is 975. The number of carbonyl (C=O) groups excluding carboxylic acids is 2. The topological polar surface area (TPSA) is 65.5 Å². The number of carbonyl (C=O) groups is 2. The third kappa shape index (κ3) is 4.99. The number of nitrogens with zero attached hydrogens (tertiary/aromatic N) is 3. The number of hydrogen-bond donors (Lipinski definition) is 1. The van der Waals surface area contributed by atoms with E-state index >= 15 is 0 Å². The Hall–Kier alpha value is -2.80. The average Bonchev–Trinajstić information content (AvgIpc) is 3.32. The fraction of sp³-hybridized carbons (Fsp3) is 0.480. The lowest BCUT2D eigenvalue weighted by Gasteiger charge is -2.41. The first-order valence-electron chi connectivity index (χ1n) is 11.5. The lowest BCUT2D eigenvalue weighted by atomic mass is 10.0. The number of hydrogen-bond acceptors (Lipinski definition) is 4. The zero-order chi connectivity index (χ0) is 22.7. The molecule has 1 aliphatic heterocycles. The summed E-state index contributed by atoms with van der Waals surface area (Å²) in [5.41, 5.74) is 2.65. The molecule has 4 rings (SSSR count). The molecular weight excluding hydrogens is 407 g/mol. The van der Waals surface area contributed by atoms with Crippen LogP contribution in [0.15, 0.2) is 36.7 Å². The number of aromatic nitrogens is 1. The summed E-state index contributed by atoms with van der Waals surface area (Å²) in [6.07, 6.45) is 7.45. The molecule has 1 aromatic carbocycles. The van der Waals surface area contributed by atoms with Crippen LogP contribution < -0.4 is 5.32 Å². The summed E-state index contributed by atoms with van der Waals surface area (Å²) < 4.78 is 14.4. The van der Waals surface area contributed by atoms with Crippen molar-refractivity contribution < 1.29 is 14.0 Å². The molecule has 0 unspecified atom stereocenters. The zero-order valence-electron chi connectivity index (χ0n) is 18.8. The van der Waals surface area contributed by atoms with E-state index in [4.69, 9.17) is 0 Å². The Labute approximate surface area is 188 Å². The van der Waals surface area contributed by atoms with Gasteiger partial charge in [0, 0.05) is 61.8 Å². The van der Waals surface area contributed by atoms with Crippen molar-refractivity contribution in [2.24, 2.45) is 5.92 Å². The van der Waals surface area contributed by atoms with Crippen LogP contribution in [0.3, 0.4) is 0 Å². The third-order valence-electron chi connectivity index (χ3n) is 6.76. The minimum atomic E-state index is -0.376. The highest BCUT2D eigenvalue weighted by Crippen LogP contribution is 2.29. The third-order valence-corrected chi connectivity index (χ3v) is 6.76. The van der Waals surface area contributed by atoms with Crippen molar-refractivity contribution in [3.63, 3.8) is 0 Å². The Balaban J connectivity index is 1.42. The van der Waals surface area contributed by atoms with Crippen LogP contribution in [0.1, 0.15) is 54.1 Å². The van der Waals surface area contributed by atoms with Crippen LogP contribution in [-0.4, -0.2) is 52.3 Å². The summed E-state index contributed by atoms with van der Waals surface area (Å²) in [6.45, 7) is 6.80. The Morgan fingerprint density at radius 2 is 1.88 bits per heavy atom. The minimum Gasteiger partial charge on any atom is -0.337 e. The summed E-state index contributed by atoms with van der Waals surface area (Å²) in [5, 5.41) is 2.83. The van der Waals surface area contributed by atoms with E-state index in [1.807, 2.05) is 11.8 Å². The van der Waals surface area contributed by atoms with E-state index in [1.54, 1.807) is 24.5 Å². The van der Waals surface area contributed by atoms with E-state index in [9.17, 15) is 14.0 Å². The SMILES string of the molecule is Cc1c(CN2CCN(C(=O)C3CCCC3)[C@@H](C)C2)cc(F)cc1NC(=O)c1ccncc1. The Morgan fingerprint density at radius 1 is 1.16 bits per heavy atom. The van der Waals surface area contributed by atoms with Crippen molar-refractivity contribution in [1.29, 1.82) is 0 Å². The van der Waals surface area contributed by atoms with Gasteiger partial charge in [0.25, 0.3) is 5.91 Å². The van der Waals surface area contributed by atoms with Gasteiger partial charge in [0.15, 0.2) is 0 Å². The number of anilines is 1. The summed E-state index contributed by atoms with van der Waals surface area (Å²) >= 11 is 0. The van der Waals surface area contributed by atoms with E-state index in [2.05, 4.69) is 22.1 Å². The molecule has 7 heteroatoms. The second-order valence-electron chi connectivity index (χ2n) is 9.02. The average molecular weight is 439 g/mol. The van der Waals surface area contributed by atoms with Crippen LogP contribution >= 0.6 is 0 Å². The molecule has 1 aromatic heterocycles. The lowest BCUT2D eigenvalue weighted by Crippen LogP contribution is -2.54. The number of amides is 2. The second-order valence-corrected chi connectivity index (χ2v) is 9.02. The van der Waals surface area contributed by atoms with Gasteiger partial charge in [-0.05, 0) is 62.1 Å². The lowest BCUT2D eigenvalue weighted by molar-refractivity contribution is -0.140. The molecule has 2 heterocycles. The maximum absolute atomic E-state index is 14.4. The largest absolute Gasteiger partial charge is 0.337 e. The molecule has 1 N–H and O–H groups in total. The van der Waals surface area contributed by atoms with Crippen molar-refractivity contribution in [1.82, 2.24) is 14.8 Å². The summed E-state index contributed by atoms with van der Waals surface area (Å²) in [5.74, 6) is -0.169. The predicted octanol–water partition coefficient (Wildman–Crippen LogP) is 4.00. The van der Waals surface area contributed by atoms with Crippen LogP contribution in [0.4, 0.5) is 10.1 Å². The standard InChI is InChI=1S/C25H31FN4O2/c1-17-15-29(11-12-30(17)25(32)20-5-3-4-6-20)16-21-13-22(26)14-23(18(21)2)28-24(31)19-7-9-27-10-8-19/h7-10,13-14,17,20H,3-6,11-12,15-16H2,1-2H3,(H,28,31)/t17-/m0/s1. The first kappa shape index (κ1) is 22.4. The molecule has 32 heavy (non-hydrogen) atoms. The number of pyridine rings is 1. The molecule has 1 aliphatic carbocycles. The van der Waals surface area contributed by atoms with Gasteiger partial charge in [0.1, 0.15) is 5.82 Å². The van der Waals surface area contributed by atoms with Gasteiger partial charge in [-0.3, -0.25) is 19.5 Å². The Morgan fingerprint density at radius 3 is 2.56 bits per heavy atom. The monoisotopic (exact) mass is 438 g/mol. The van der Waals surface area contributed by atoms with Gasteiger partial charge >= 0.3 is 0 Å². The predicted molar refractivity (Wildman–Crippen MR) is 122 cm³/mol. The zero-order valence-corrected chi connectivity index (χ0v) is 18.8. The maximum Gasteiger partial charge on any atom is 0.255 e. The quantitative estimate of drug-likeness (QED) is 0.766. The van der Waals surface area contributed by atoms with Gasteiger partial charge < -0.3 is 10.2 Å². The second kappa shape index (κ2) is 9.77. The van der Waals surface area contributed by atoms with Crippen molar-refractivity contribution in [2.75, 3.05) is 25.0 Å². The van der Waals surface area contributed by atoms with E-state index in [0.29, 0.717) is 30.2 Å². The van der Waals surface area contributed by atoms with Gasteiger partial charge in [-0.15, -0.1) is 0 Å². The first-order valence-corrected chi connectivity index (χ1v) is 11.5. The van der Waals surface area contributed by atoms with Crippen LogP contribution in [0.2, 0.25) is 0 Å². The van der Waals surface area contributed by atoms with Crippen molar-refractivity contribution in [2.45, 2.75) is 52.1 Å². The molecule has 1 atom stereocenters. The number of halogens is 1. The fourth-order valence-corrected chi connectivity index (χ4v) is 4.88. The summed E-state index contributed by atoms with van der Waals surface area (Å²) in [4.78, 5) is 33.6. The van der Waals surface area contributed by atoms with E-state index in [1.165, 1.54) is 12.1 Å². The molecule has 2 aromatic rings. The van der Waals surface area contributed by atoms with E-state index in [0.717, 1.165) is 49.9 Å². The first-order chi connectivity index (χ1) is 15.4. The molecule has 170 valence electrons. The summed E-state index contributed by atoms with van der Waals surface area (Å²) in [7, 11) is 0. The molecule has 1 saturated carbocycles. The highest BCUT2D eigenvalue weighted by atomic mass is 19.1. The van der Waals surface area contributed by atoms with Crippen LogP contribution in [0.25, 0.3) is 0 Å². The molecule has 6 nitrogen and oxygen atoms in total. The Kier molecular flexibility index (Phi) is 6.84. The highest BCUT2D eigenvalue weighted by Gasteiger charge is 2.33. The van der Waals surface area contributed by atoms with Gasteiger partial charge in [0.05, 0.1) is 0 Å². The highest BCUT2D eigenvalue weighted by molar-refractivity contribution is 6.04. The minimum absolute atomic E-state index is 0.136. The van der Waals surface area contributed by atoms with Crippen LogP contribution in [0, 0.1) is 18.7 Å². The molecule has 2 amide bonds. The van der Waals surface area contributed by atoms with E-state index in [-0.39, 0.29) is 23.7 Å².